The van der Waals surface area contributed by atoms with E-state index in [0.717, 1.165) is 5.56 Å². The van der Waals surface area contributed by atoms with Crippen molar-refractivity contribution in [3.63, 3.8) is 0 Å². The summed E-state index contributed by atoms with van der Waals surface area (Å²) in [6, 6.07) is 6.91. The predicted octanol–water partition coefficient (Wildman–Crippen LogP) is 2.61. The van der Waals surface area contributed by atoms with Crippen LogP contribution in [0, 0.1) is 36.0 Å². The van der Waals surface area contributed by atoms with Gasteiger partial charge in [0.1, 0.15) is 0 Å². The Morgan fingerprint density at radius 1 is 0.833 bits per heavy atom. The lowest BCUT2D eigenvalue weighted by Crippen LogP contribution is -2.29. The molecule has 0 bridgehead atoms. The highest BCUT2D eigenvalue weighted by atomic mass is 19.2. The Morgan fingerprint density at radius 2 is 1.42 bits per heavy atom. The quantitative estimate of drug-likeness (QED) is 0.110. The number of amides is 1. The molecule has 1 N–H and O–H groups in total. The van der Waals surface area contributed by atoms with Gasteiger partial charge in [0.05, 0.1) is 26.1 Å². The minimum absolute atomic E-state index is 0.00868. The van der Waals surface area contributed by atoms with Gasteiger partial charge in [0.2, 0.25) is 46.6 Å². The first-order valence-electron chi connectivity index (χ1n) is 10.4. The van der Waals surface area contributed by atoms with E-state index in [1.807, 2.05) is 0 Å². The van der Waals surface area contributed by atoms with E-state index < -0.39 is 47.2 Å². The fraction of sp³-hybridized carbons (Fsp3) is 0.273. The number of nitrogens with zero attached hydrogens (tertiary/aromatic N) is 4. The molecule has 0 aliphatic rings. The van der Waals surface area contributed by atoms with E-state index in [0.29, 0.717) is 17.2 Å². The summed E-state index contributed by atoms with van der Waals surface area (Å²) in [6.45, 7) is 1.47. The fourth-order valence-electron chi connectivity index (χ4n) is 2.77. The number of halogens is 5. The van der Waals surface area contributed by atoms with Crippen molar-refractivity contribution in [3.05, 3.63) is 64.7 Å². The number of hydrogen-bond acceptors (Lipinski definition) is 8. The predicted molar refractivity (Wildman–Crippen MR) is 112 cm³/mol. The first-order valence-corrected chi connectivity index (χ1v) is 10.4. The molecule has 0 aliphatic heterocycles. The second-order valence-electron chi connectivity index (χ2n) is 7.23. The number of rotatable bonds is 10. The summed E-state index contributed by atoms with van der Waals surface area (Å²) in [5.41, 5.74) is 1.41. The van der Waals surface area contributed by atoms with Crippen molar-refractivity contribution in [1.29, 1.82) is 0 Å². The number of hydrogen-bond donors (Lipinski definition) is 1. The van der Waals surface area contributed by atoms with Crippen LogP contribution < -0.4 is 10.1 Å². The Balaban J connectivity index is 1.35. The highest BCUT2D eigenvalue weighted by Crippen LogP contribution is 2.29. The van der Waals surface area contributed by atoms with Gasteiger partial charge >= 0.3 is 5.97 Å². The second-order valence-corrected chi connectivity index (χ2v) is 7.23. The SMILES string of the molecule is Cc1nnc(-c2ccc(CC(=O)NCCOCCC(=O)Oc3c(F)c(F)c(F)c(F)c3F)cc2)nn1. The van der Waals surface area contributed by atoms with Crippen LogP contribution in [0.5, 0.6) is 5.75 Å². The van der Waals surface area contributed by atoms with Gasteiger partial charge in [-0.3, -0.25) is 9.59 Å². The highest BCUT2D eigenvalue weighted by Gasteiger charge is 2.28. The average Bonchev–Trinajstić information content (AvgIpc) is 2.87. The molecule has 1 heterocycles. The molecule has 14 heteroatoms. The van der Waals surface area contributed by atoms with E-state index in [2.05, 4.69) is 30.4 Å². The van der Waals surface area contributed by atoms with E-state index in [9.17, 15) is 31.5 Å². The van der Waals surface area contributed by atoms with Crippen LogP contribution in [0.25, 0.3) is 11.4 Å². The van der Waals surface area contributed by atoms with Crippen LogP contribution in [0.1, 0.15) is 17.8 Å². The van der Waals surface area contributed by atoms with Gasteiger partial charge in [-0.05, 0) is 12.5 Å². The summed E-state index contributed by atoms with van der Waals surface area (Å²) in [6.07, 6.45) is -0.449. The highest BCUT2D eigenvalue weighted by molar-refractivity contribution is 5.78. The summed E-state index contributed by atoms with van der Waals surface area (Å²) in [5.74, 6) is -13.8. The Hall–Kier alpha value is -4.07. The van der Waals surface area contributed by atoms with Crippen molar-refractivity contribution in [2.75, 3.05) is 19.8 Å². The first-order chi connectivity index (χ1) is 17.2. The fourth-order valence-corrected chi connectivity index (χ4v) is 2.77. The van der Waals surface area contributed by atoms with Crippen molar-refractivity contribution >= 4 is 11.9 Å². The van der Waals surface area contributed by atoms with Crippen LogP contribution in [0.2, 0.25) is 0 Å². The lowest BCUT2D eigenvalue weighted by molar-refractivity contribution is -0.136. The monoisotopic (exact) mass is 511 g/mol. The molecule has 0 saturated carbocycles. The molecule has 3 rings (SSSR count). The Bertz CT molecular complexity index is 1210. The number of aromatic nitrogens is 4. The maximum atomic E-state index is 13.5. The Labute approximate surface area is 200 Å². The number of aryl methyl sites for hydroxylation is 1. The number of carbonyl (C=O) groups is 2. The molecule has 0 radical (unpaired) electrons. The molecule has 0 fully saturated rings. The van der Waals surface area contributed by atoms with Crippen molar-refractivity contribution in [2.24, 2.45) is 0 Å². The molecule has 1 amide bonds. The van der Waals surface area contributed by atoms with E-state index in [1.165, 1.54) is 0 Å². The lowest BCUT2D eigenvalue weighted by Gasteiger charge is -2.09. The summed E-state index contributed by atoms with van der Waals surface area (Å²) in [7, 11) is 0. The van der Waals surface area contributed by atoms with E-state index >= 15 is 0 Å². The third-order valence-corrected chi connectivity index (χ3v) is 4.56. The summed E-state index contributed by atoms with van der Waals surface area (Å²) in [4.78, 5) is 23.7. The maximum absolute atomic E-state index is 13.5. The lowest BCUT2D eigenvalue weighted by atomic mass is 10.1. The van der Waals surface area contributed by atoms with E-state index in [-0.39, 0.29) is 32.1 Å². The van der Waals surface area contributed by atoms with Crippen LogP contribution in [-0.2, 0) is 20.7 Å². The molecule has 3 aromatic rings. The molecule has 0 spiro atoms. The molecule has 0 saturated heterocycles. The smallest absolute Gasteiger partial charge is 0.313 e. The van der Waals surface area contributed by atoms with E-state index in [1.54, 1.807) is 31.2 Å². The molecule has 9 nitrogen and oxygen atoms in total. The van der Waals surface area contributed by atoms with Gasteiger partial charge in [-0.1, -0.05) is 24.3 Å². The molecule has 36 heavy (non-hydrogen) atoms. The van der Waals surface area contributed by atoms with Crippen LogP contribution in [0.3, 0.4) is 0 Å². The van der Waals surface area contributed by atoms with Crippen molar-refractivity contribution in [2.45, 2.75) is 19.8 Å². The van der Waals surface area contributed by atoms with Crippen molar-refractivity contribution in [1.82, 2.24) is 25.7 Å². The second kappa shape index (κ2) is 12.1. The van der Waals surface area contributed by atoms with Gasteiger partial charge in [0.15, 0.2) is 5.82 Å². The van der Waals surface area contributed by atoms with Crippen LogP contribution in [0.15, 0.2) is 24.3 Å². The van der Waals surface area contributed by atoms with Gasteiger partial charge < -0.3 is 14.8 Å². The maximum Gasteiger partial charge on any atom is 0.313 e. The Morgan fingerprint density at radius 3 is 2.03 bits per heavy atom. The minimum atomic E-state index is -2.36. The van der Waals surface area contributed by atoms with Crippen LogP contribution in [0.4, 0.5) is 22.0 Å². The third-order valence-electron chi connectivity index (χ3n) is 4.56. The van der Waals surface area contributed by atoms with Gasteiger partial charge in [-0.15, -0.1) is 20.4 Å². The average molecular weight is 511 g/mol. The zero-order valence-electron chi connectivity index (χ0n) is 18.7. The first kappa shape index (κ1) is 26.5. The largest absolute Gasteiger partial charge is 0.420 e. The number of esters is 1. The summed E-state index contributed by atoms with van der Waals surface area (Å²) >= 11 is 0. The normalized spacial score (nSPS) is 10.8. The molecule has 0 aliphatic carbocycles. The molecular weight excluding hydrogens is 493 g/mol. The topological polar surface area (TPSA) is 116 Å². The molecular formula is C22H18F5N5O4. The molecule has 2 aromatic carbocycles. The number of benzene rings is 2. The third kappa shape index (κ3) is 6.75. The number of nitrogens with one attached hydrogen (secondary N) is 1. The van der Waals surface area contributed by atoms with Gasteiger partial charge in [0, 0.05) is 12.1 Å². The zero-order valence-corrected chi connectivity index (χ0v) is 18.7. The molecule has 190 valence electrons. The molecule has 1 aromatic heterocycles. The molecule has 0 unspecified atom stereocenters. The van der Waals surface area contributed by atoms with Gasteiger partial charge in [0.25, 0.3) is 0 Å². The standard InChI is InChI=1S/C22H18F5N5O4/c1-11-29-31-22(32-30-11)13-4-2-12(3-5-13)10-14(33)28-7-9-35-8-6-15(34)36-21-19(26)17(24)16(23)18(25)20(21)27/h2-5H,6-10H2,1H3,(H,28,33). The minimum Gasteiger partial charge on any atom is -0.420 e. The van der Waals surface area contributed by atoms with Gasteiger partial charge in [-0.25, -0.2) is 13.2 Å². The van der Waals surface area contributed by atoms with Crippen LogP contribution in [-0.4, -0.2) is 52.0 Å². The van der Waals surface area contributed by atoms with Crippen LogP contribution >= 0.6 is 0 Å². The number of ether oxygens (including phenoxy) is 2. The Kier molecular flexibility index (Phi) is 8.89. The van der Waals surface area contributed by atoms with Crippen molar-refractivity contribution < 1.29 is 41.0 Å². The van der Waals surface area contributed by atoms with Gasteiger partial charge in [-0.2, -0.15) is 8.78 Å². The van der Waals surface area contributed by atoms with Crippen molar-refractivity contribution in [3.8, 4) is 17.1 Å². The number of carbonyl (C=O) groups excluding carboxylic acids is 2. The van der Waals surface area contributed by atoms with E-state index in [4.69, 9.17) is 4.74 Å². The summed E-state index contributed by atoms with van der Waals surface area (Å²) < 4.78 is 75.6. The molecule has 0 atom stereocenters. The zero-order chi connectivity index (χ0) is 26.2. The summed E-state index contributed by atoms with van der Waals surface area (Å²) in [5, 5.41) is 18.1.